The Morgan fingerprint density at radius 2 is 1.48 bits per heavy atom. The van der Waals surface area contributed by atoms with E-state index in [-0.39, 0.29) is 70.7 Å². The standard InChI is InChI=1S/C30H35N5O7/c1-12-24(36)15-9-18-23-22-16(25(37)13(2)29(42-7)27(22)39)8-17(34(23)5)19(10-31)35(18)20(11-33-30(40)14(3)32-4)21(15)26(38)28(12)41-6/h14,17-20,23,32H,8-9,11H2,1-7H3,(H,33,40)/t14?,17-,18+,19+,20-,23-/m1/s1. The molecule has 1 saturated heterocycles. The number of nitrogens with zero attached hydrogens (tertiary/aromatic N) is 3. The molecule has 0 aromatic heterocycles. The summed E-state index contributed by atoms with van der Waals surface area (Å²) in [7, 11) is 6.14. The van der Waals surface area contributed by atoms with Crippen LogP contribution >= 0.6 is 0 Å². The van der Waals surface area contributed by atoms with Crippen molar-refractivity contribution in [3.05, 3.63) is 45.0 Å². The summed E-state index contributed by atoms with van der Waals surface area (Å²) in [5.74, 6) is -1.91. The van der Waals surface area contributed by atoms with Crippen molar-refractivity contribution in [1.82, 2.24) is 20.4 Å². The van der Waals surface area contributed by atoms with Gasteiger partial charge in [-0.2, -0.15) is 5.26 Å². The molecule has 222 valence electrons. The molecule has 6 atom stereocenters. The second kappa shape index (κ2) is 10.7. The van der Waals surface area contributed by atoms with Gasteiger partial charge in [-0.3, -0.25) is 33.8 Å². The molecule has 0 spiro atoms. The van der Waals surface area contributed by atoms with E-state index in [9.17, 15) is 29.2 Å². The highest BCUT2D eigenvalue weighted by molar-refractivity contribution is 6.26. The van der Waals surface area contributed by atoms with E-state index in [2.05, 4.69) is 16.7 Å². The van der Waals surface area contributed by atoms with Crippen molar-refractivity contribution in [1.29, 1.82) is 5.26 Å². The van der Waals surface area contributed by atoms with Crippen LogP contribution in [0.15, 0.2) is 45.0 Å². The lowest BCUT2D eigenvalue weighted by Gasteiger charge is -2.60. The van der Waals surface area contributed by atoms with Crippen LogP contribution in [0, 0.1) is 11.3 Å². The summed E-state index contributed by atoms with van der Waals surface area (Å²) in [5.41, 5.74) is 1.51. The molecule has 1 fully saturated rings. The molecule has 12 nitrogen and oxygen atoms in total. The lowest BCUT2D eigenvalue weighted by molar-refractivity contribution is -0.126. The fraction of sp³-hybridized carbons (Fsp3) is 0.533. The van der Waals surface area contributed by atoms with Crippen LogP contribution in [0.5, 0.6) is 0 Å². The number of hydrogen-bond acceptors (Lipinski definition) is 11. The maximum absolute atomic E-state index is 13.8. The first-order chi connectivity index (χ1) is 19.9. The van der Waals surface area contributed by atoms with E-state index in [0.717, 1.165) is 0 Å². The predicted molar refractivity (Wildman–Crippen MR) is 148 cm³/mol. The predicted octanol–water partition coefficient (Wildman–Crippen LogP) is -0.131. The van der Waals surface area contributed by atoms with Crippen LogP contribution in [0.4, 0.5) is 0 Å². The molecule has 0 saturated carbocycles. The fourth-order valence-corrected chi connectivity index (χ4v) is 7.30. The molecular weight excluding hydrogens is 542 g/mol. The Labute approximate surface area is 244 Å². The van der Waals surface area contributed by atoms with Crippen LogP contribution in [0.3, 0.4) is 0 Å². The van der Waals surface area contributed by atoms with Crippen LogP contribution in [0.25, 0.3) is 0 Å². The topological polar surface area (TPSA) is 158 Å². The summed E-state index contributed by atoms with van der Waals surface area (Å²) in [4.78, 5) is 71.6. The number of amides is 1. The Bertz CT molecular complexity index is 1490. The molecule has 0 aromatic carbocycles. The minimum atomic E-state index is -0.861. The van der Waals surface area contributed by atoms with Crippen LogP contribution in [0.2, 0.25) is 0 Å². The molecule has 2 aliphatic carbocycles. The second-order valence-corrected chi connectivity index (χ2v) is 11.4. The third-order valence-electron chi connectivity index (χ3n) is 9.51. The Morgan fingerprint density at radius 3 is 2.00 bits per heavy atom. The van der Waals surface area contributed by atoms with Gasteiger partial charge in [0.25, 0.3) is 0 Å². The molecule has 3 heterocycles. The number of carbonyl (C=O) groups excluding carboxylic acids is 5. The van der Waals surface area contributed by atoms with Crippen molar-refractivity contribution >= 4 is 29.0 Å². The molecule has 1 unspecified atom stereocenters. The number of ketones is 4. The zero-order valence-electron chi connectivity index (χ0n) is 24.8. The zero-order valence-corrected chi connectivity index (χ0v) is 24.8. The number of nitriles is 1. The summed E-state index contributed by atoms with van der Waals surface area (Å²) in [6, 6.07) is -1.61. The van der Waals surface area contributed by atoms with Gasteiger partial charge in [0.2, 0.25) is 17.5 Å². The van der Waals surface area contributed by atoms with Gasteiger partial charge in [-0.25, -0.2) is 0 Å². The molecule has 2 N–H and O–H groups in total. The third-order valence-corrected chi connectivity index (χ3v) is 9.51. The largest absolute Gasteiger partial charge is 0.492 e. The van der Waals surface area contributed by atoms with Gasteiger partial charge < -0.3 is 20.1 Å². The molecule has 2 bridgehead atoms. The van der Waals surface area contributed by atoms with Gasteiger partial charge in [0.05, 0.1) is 38.4 Å². The van der Waals surface area contributed by atoms with E-state index in [1.165, 1.54) is 21.1 Å². The van der Waals surface area contributed by atoms with Crippen LogP contribution < -0.4 is 10.6 Å². The maximum Gasteiger partial charge on any atom is 0.236 e. The van der Waals surface area contributed by atoms with Gasteiger partial charge in [0.1, 0.15) is 6.04 Å². The van der Waals surface area contributed by atoms with Gasteiger partial charge in [0.15, 0.2) is 23.1 Å². The average molecular weight is 578 g/mol. The highest BCUT2D eigenvalue weighted by Crippen LogP contribution is 2.48. The van der Waals surface area contributed by atoms with E-state index < -0.39 is 47.8 Å². The second-order valence-electron chi connectivity index (χ2n) is 11.4. The van der Waals surface area contributed by atoms with Gasteiger partial charge >= 0.3 is 0 Å². The number of likely N-dealkylation sites (N-methyl/N-ethyl adjacent to an activating group) is 2. The monoisotopic (exact) mass is 577 g/mol. The lowest BCUT2D eigenvalue weighted by Crippen LogP contribution is -2.74. The highest BCUT2D eigenvalue weighted by atomic mass is 16.5. The molecule has 42 heavy (non-hydrogen) atoms. The Balaban J connectivity index is 1.70. The number of piperazine rings is 1. The van der Waals surface area contributed by atoms with Crippen LogP contribution in [-0.2, 0) is 33.4 Å². The first-order valence-corrected chi connectivity index (χ1v) is 13.9. The van der Waals surface area contributed by atoms with Crippen molar-refractivity contribution in [3.63, 3.8) is 0 Å². The molecular formula is C30H35N5O7. The first-order valence-electron chi connectivity index (χ1n) is 13.9. The number of ether oxygens (including phenoxy) is 2. The number of methoxy groups -OCH3 is 2. The number of fused-ring (bicyclic) bond motifs is 5. The van der Waals surface area contributed by atoms with Gasteiger partial charge in [-0.1, -0.05) is 0 Å². The average Bonchev–Trinajstić information content (AvgIpc) is 2.97. The van der Waals surface area contributed by atoms with Gasteiger partial charge in [0, 0.05) is 52.1 Å². The van der Waals surface area contributed by atoms with E-state index in [4.69, 9.17) is 9.47 Å². The molecule has 0 radical (unpaired) electrons. The number of carbonyl (C=O) groups is 5. The molecule has 5 aliphatic rings. The smallest absolute Gasteiger partial charge is 0.236 e. The lowest BCUT2D eigenvalue weighted by atomic mass is 9.67. The maximum atomic E-state index is 13.8. The van der Waals surface area contributed by atoms with Crippen LogP contribution in [0.1, 0.15) is 33.6 Å². The SMILES string of the molecule is CNC(C)C(=O)NC[C@@H]1C2=C(C[C@H]3[C@@H]4C5=C(C[C@H]([C@H](C#N)N13)N4C)C(=O)C(C)=C(OC)C5=O)C(=O)C(C)=C(OC)C2=O. The fourth-order valence-electron chi connectivity index (χ4n) is 7.30. The number of rotatable bonds is 6. The van der Waals surface area contributed by atoms with E-state index >= 15 is 0 Å². The van der Waals surface area contributed by atoms with E-state index in [0.29, 0.717) is 11.1 Å². The van der Waals surface area contributed by atoms with Crippen molar-refractivity contribution in [2.45, 2.75) is 69.9 Å². The normalized spacial score (nSPS) is 30.6. The van der Waals surface area contributed by atoms with Gasteiger partial charge in [-0.15, -0.1) is 0 Å². The number of allylic oxidation sites excluding steroid dienone is 4. The highest BCUT2D eigenvalue weighted by Gasteiger charge is 2.59. The number of hydrogen-bond donors (Lipinski definition) is 2. The third kappa shape index (κ3) is 4.02. The van der Waals surface area contributed by atoms with Crippen molar-refractivity contribution in [2.24, 2.45) is 0 Å². The van der Waals surface area contributed by atoms with Crippen molar-refractivity contribution in [2.75, 3.05) is 34.9 Å². The Hall–Kier alpha value is -3.92. The van der Waals surface area contributed by atoms with Crippen LogP contribution in [-0.4, -0.2) is 110 Å². The first kappa shape index (κ1) is 29.6. The molecule has 5 rings (SSSR count). The van der Waals surface area contributed by atoms with Gasteiger partial charge in [-0.05, 0) is 47.7 Å². The Morgan fingerprint density at radius 1 is 0.952 bits per heavy atom. The summed E-state index contributed by atoms with van der Waals surface area (Å²) in [5, 5.41) is 16.3. The van der Waals surface area contributed by atoms with E-state index in [1.807, 2.05) is 16.8 Å². The zero-order chi connectivity index (χ0) is 30.8. The summed E-state index contributed by atoms with van der Waals surface area (Å²) in [6.07, 6.45) is 0.217. The Kier molecular flexibility index (Phi) is 7.55. The summed E-state index contributed by atoms with van der Waals surface area (Å²) in [6.45, 7) is 4.72. The summed E-state index contributed by atoms with van der Waals surface area (Å²) >= 11 is 0. The molecule has 1 amide bonds. The molecule has 12 heteroatoms. The molecule has 0 aromatic rings. The summed E-state index contributed by atoms with van der Waals surface area (Å²) < 4.78 is 10.7. The number of Topliss-reactive ketones (excluding diaryl/α,β-unsaturated/α-hetero) is 4. The van der Waals surface area contributed by atoms with Crippen molar-refractivity contribution < 1.29 is 33.4 Å². The quantitative estimate of drug-likeness (QED) is 0.405. The minimum absolute atomic E-state index is 0.0208. The minimum Gasteiger partial charge on any atom is -0.492 e. The van der Waals surface area contributed by atoms with E-state index in [1.54, 1.807) is 20.9 Å². The molecule has 3 aliphatic heterocycles. The number of nitrogens with one attached hydrogen (secondary N) is 2. The van der Waals surface area contributed by atoms with Crippen molar-refractivity contribution in [3.8, 4) is 6.07 Å².